The summed E-state index contributed by atoms with van der Waals surface area (Å²) >= 11 is 0. The van der Waals surface area contributed by atoms with Crippen molar-refractivity contribution in [2.45, 2.75) is 167 Å². The van der Waals surface area contributed by atoms with E-state index in [1.165, 1.54) is 89.5 Å². The van der Waals surface area contributed by atoms with Crippen LogP contribution >= 0.6 is 0 Å². The first kappa shape index (κ1) is 37.0. The van der Waals surface area contributed by atoms with Crippen LogP contribution < -0.4 is 5.32 Å². The molecule has 0 aromatic heterocycles. The predicted octanol–water partition coefficient (Wildman–Crippen LogP) is 6.87. The van der Waals surface area contributed by atoms with Crippen LogP contribution in [0.5, 0.6) is 0 Å². The van der Waals surface area contributed by atoms with Crippen molar-refractivity contribution in [2.75, 3.05) is 5.75 Å². The number of hydrogen-bond donors (Lipinski definition) is 4. The molecule has 3 atom stereocenters. The van der Waals surface area contributed by atoms with Gasteiger partial charge in [0.25, 0.3) is 10.1 Å². The highest BCUT2D eigenvalue weighted by atomic mass is 32.2. The van der Waals surface area contributed by atoms with Crippen molar-refractivity contribution in [3.63, 3.8) is 0 Å². The Morgan fingerprint density at radius 3 is 1.58 bits per heavy atom. The summed E-state index contributed by atoms with van der Waals surface area (Å²) in [6.45, 7) is 4.42. The fourth-order valence-electron chi connectivity index (χ4n) is 4.63. The van der Waals surface area contributed by atoms with Crippen LogP contribution in [-0.4, -0.2) is 53.1 Å². The van der Waals surface area contributed by atoms with E-state index in [1.54, 1.807) is 6.08 Å². The number of allylic oxidation sites excluding steroid dienone is 1. The van der Waals surface area contributed by atoms with Crippen LogP contribution in [0.3, 0.4) is 0 Å². The second-order valence-corrected chi connectivity index (χ2v) is 12.4. The van der Waals surface area contributed by atoms with E-state index in [0.29, 0.717) is 6.42 Å². The van der Waals surface area contributed by atoms with E-state index in [9.17, 15) is 28.0 Å². The Bertz CT molecular complexity index is 682. The molecule has 226 valence electrons. The van der Waals surface area contributed by atoms with Gasteiger partial charge in [-0.1, -0.05) is 142 Å². The smallest absolute Gasteiger partial charge is 0.267 e. The zero-order chi connectivity index (χ0) is 28.5. The minimum atomic E-state index is -4.42. The molecule has 0 saturated heterocycles. The number of aliphatic hydroxyl groups excluding tert-OH is 2. The van der Waals surface area contributed by atoms with Gasteiger partial charge in [0, 0.05) is 0 Å². The molecule has 0 spiro atoms. The van der Waals surface area contributed by atoms with Gasteiger partial charge in [-0.2, -0.15) is 8.42 Å². The van der Waals surface area contributed by atoms with Crippen molar-refractivity contribution in [2.24, 2.45) is 0 Å². The first-order chi connectivity index (χ1) is 18.2. The molecule has 0 heterocycles. The molecule has 0 aliphatic carbocycles. The number of nitrogens with one attached hydrogen (secondary N) is 1. The second kappa shape index (κ2) is 25.0. The lowest BCUT2D eigenvalue weighted by atomic mass is 10.0. The Balaban J connectivity index is 4.24. The molecule has 0 aromatic rings. The van der Waals surface area contributed by atoms with Gasteiger partial charge in [0.05, 0.1) is 17.9 Å². The van der Waals surface area contributed by atoms with Gasteiger partial charge in [-0.15, -0.1) is 0 Å². The zero-order valence-corrected chi connectivity index (χ0v) is 25.2. The fourth-order valence-corrected chi connectivity index (χ4v) is 5.36. The van der Waals surface area contributed by atoms with Gasteiger partial charge < -0.3 is 15.5 Å². The number of amides is 1. The van der Waals surface area contributed by atoms with E-state index in [0.717, 1.165) is 38.5 Å². The molecular weight excluding hydrogens is 502 g/mol. The SMILES string of the molecule is CCCCCCCCCCCCC/C=C/C(O)C(CS(=O)(=O)O)NC(=O)C(O)CCCCCCCCCC. The van der Waals surface area contributed by atoms with Gasteiger partial charge >= 0.3 is 0 Å². The minimum Gasteiger partial charge on any atom is -0.387 e. The van der Waals surface area contributed by atoms with Crippen molar-refractivity contribution >= 4 is 16.0 Å². The summed E-state index contributed by atoms with van der Waals surface area (Å²) in [7, 11) is -4.42. The summed E-state index contributed by atoms with van der Waals surface area (Å²) < 4.78 is 32.1. The molecule has 0 fully saturated rings. The lowest BCUT2D eigenvalue weighted by molar-refractivity contribution is -0.130. The van der Waals surface area contributed by atoms with Gasteiger partial charge in [-0.25, -0.2) is 0 Å². The van der Waals surface area contributed by atoms with Gasteiger partial charge in [-0.05, 0) is 19.3 Å². The second-order valence-electron chi connectivity index (χ2n) is 10.9. The molecule has 0 rings (SSSR count). The highest BCUT2D eigenvalue weighted by molar-refractivity contribution is 7.85. The molecule has 0 radical (unpaired) electrons. The number of hydrogen-bond acceptors (Lipinski definition) is 5. The normalized spacial score (nSPS) is 14.6. The average molecular weight is 562 g/mol. The predicted molar refractivity (Wildman–Crippen MR) is 158 cm³/mol. The van der Waals surface area contributed by atoms with Gasteiger partial charge in [0.2, 0.25) is 5.91 Å². The maximum Gasteiger partial charge on any atom is 0.267 e. The van der Waals surface area contributed by atoms with Crippen molar-refractivity contribution in [1.82, 2.24) is 5.32 Å². The lowest BCUT2D eigenvalue weighted by Crippen LogP contribution is -2.50. The first-order valence-corrected chi connectivity index (χ1v) is 17.1. The highest BCUT2D eigenvalue weighted by Gasteiger charge is 2.27. The Morgan fingerprint density at radius 1 is 0.711 bits per heavy atom. The summed E-state index contributed by atoms with van der Waals surface area (Å²) in [5.74, 6) is -1.54. The number of carbonyl (C=O) groups is 1. The van der Waals surface area contributed by atoms with Crippen LogP contribution in [0.25, 0.3) is 0 Å². The summed E-state index contributed by atoms with van der Waals surface area (Å²) in [5.41, 5.74) is 0. The third kappa shape index (κ3) is 24.1. The van der Waals surface area contributed by atoms with E-state index in [2.05, 4.69) is 19.2 Å². The molecule has 4 N–H and O–H groups in total. The number of carbonyl (C=O) groups excluding carboxylic acids is 1. The van der Waals surface area contributed by atoms with Gasteiger partial charge in [0.15, 0.2) is 0 Å². The molecule has 38 heavy (non-hydrogen) atoms. The maximum absolute atomic E-state index is 12.4. The molecule has 0 saturated carbocycles. The third-order valence-corrected chi connectivity index (χ3v) is 7.85. The van der Waals surface area contributed by atoms with Crippen LogP contribution in [0.4, 0.5) is 0 Å². The molecule has 7 nitrogen and oxygen atoms in total. The summed E-state index contributed by atoms with van der Waals surface area (Å²) in [6.07, 6.45) is 24.2. The highest BCUT2D eigenvalue weighted by Crippen LogP contribution is 2.13. The minimum absolute atomic E-state index is 0.282. The number of aliphatic hydroxyl groups is 2. The van der Waals surface area contributed by atoms with Crippen LogP contribution in [0.1, 0.15) is 149 Å². The van der Waals surface area contributed by atoms with E-state index in [4.69, 9.17) is 0 Å². The Hall–Kier alpha value is -0.960. The van der Waals surface area contributed by atoms with Crippen molar-refractivity contribution in [3.05, 3.63) is 12.2 Å². The molecule has 0 bridgehead atoms. The van der Waals surface area contributed by atoms with Gasteiger partial charge in [0.1, 0.15) is 6.10 Å². The summed E-state index contributed by atoms with van der Waals surface area (Å²) in [6, 6.07) is -1.22. The van der Waals surface area contributed by atoms with Crippen molar-refractivity contribution < 1.29 is 28.0 Å². The summed E-state index contributed by atoms with van der Waals surface area (Å²) in [5, 5.41) is 23.1. The third-order valence-electron chi connectivity index (χ3n) is 7.07. The monoisotopic (exact) mass is 561 g/mol. The Labute approximate surface area is 234 Å². The molecule has 0 aromatic carbocycles. The molecule has 8 heteroatoms. The van der Waals surface area contributed by atoms with Crippen LogP contribution in [0.15, 0.2) is 12.2 Å². The zero-order valence-electron chi connectivity index (χ0n) is 24.4. The van der Waals surface area contributed by atoms with E-state index >= 15 is 0 Å². The molecule has 3 unspecified atom stereocenters. The van der Waals surface area contributed by atoms with Crippen LogP contribution in [-0.2, 0) is 14.9 Å². The topological polar surface area (TPSA) is 124 Å². The van der Waals surface area contributed by atoms with E-state index in [1.807, 2.05) is 0 Å². The number of rotatable bonds is 27. The largest absolute Gasteiger partial charge is 0.387 e. The molecule has 0 aliphatic rings. The maximum atomic E-state index is 12.4. The standard InChI is InChI=1S/C30H59NO6S/c1-3-5-7-9-11-13-14-15-16-17-19-20-22-24-28(32)27(26-38(35,36)37)31-30(34)29(33)25-23-21-18-12-10-8-6-4-2/h22,24,27-29,32-33H,3-21,23,25-26H2,1-2H3,(H,31,34)(H,35,36,37)/b24-22+. The quantitative estimate of drug-likeness (QED) is 0.0493. The molecule has 1 amide bonds. The summed E-state index contributed by atoms with van der Waals surface area (Å²) in [4.78, 5) is 12.4. The first-order valence-electron chi connectivity index (χ1n) is 15.5. The van der Waals surface area contributed by atoms with Crippen molar-refractivity contribution in [3.8, 4) is 0 Å². The number of unbranched alkanes of at least 4 members (excludes halogenated alkanes) is 18. The Kier molecular flexibility index (Phi) is 24.4. The van der Waals surface area contributed by atoms with Gasteiger partial charge in [-0.3, -0.25) is 9.35 Å². The molecular formula is C30H59NO6S. The lowest BCUT2D eigenvalue weighted by Gasteiger charge is -2.22. The fraction of sp³-hybridized carbons (Fsp3) is 0.900. The Morgan fingerprint density at radius 2 is 1.13 bits per heavy atom. The van der Waals surface area contributed by atoms with Crippen LogP contribution in [0, 0.1) is 0 Å². The van der Waals surface area contributed by atoms with E-state index in [-0.39, 0.29) is 6.42 Å². The van der Waals surface area contributed by atoms with Crippen molar-refractivity contribution in [1.29, 1.82) is 0 Å². The van der Waals surface area contributed by atoms with E-state index < -0.39 is 40.0 Å². The van der Waals surface area contributed by atoms with Crippen LogP contribution in [0.2, 0.25) is 0 Å². The molecule has 0 aliphatic heterocycles. The average Bonchev–Trinajstić information content (AvgIpc) is 2.86.